The van der Waals surface area contributed by atoms with Crippen LogP contribution in [0, 0.1) is 5.82 Å². The monoisotopic (exact) mass is 1440 g/mol. The number of hydrogen-bond donors (Lipinski definition) is 0. The van der Waals surface area contributed by atoms with Crippen molar-refractivity contribution in [1.29, 1.82) is 0 Å². The van der Waals surface area contributed by atoms with Crippen LogP contribution >= 0.6 is 0 Å². The topological polar surface area (TPSA) is 81.7 Å². The molecule has 0 aliphatic heterocycles. The second-order valence-electron chi connectivity index (χ2n) is 33.3. The van der Waals surface area contributed by atoms with E-state index in [1.807, 2.05) is 133 Å². The lowest BCUT2D eigenvalue weighted by molar-refractivity contribution is -0.275. The normalized spacial score (nSPS) is 11.9. The van der Waals surface area contributed by atoms with E-state index in [1.54, 1.807) is 64.8 Å². The number of ether oxygens (including phenoxy) is 7. The molecule has 0 N–H and O–H groups in total. The van der Waals surface area contributed by atoms with Gasteiger partial charge in [0.15, 0.2) is 5.78 Å². The van der Waals surface area contributed by atoms with E-state index < -0.39 is 12.7 Å². The van der Waals surface area contributed by atoms with E-state index in [9.17, 15) is 26.7 Å². The maximum absolute atomic E-state index is 13.5. The molecule has 0 radical (unpaired) electrons. The molecule has 0 spiro atoms. The molecule has 0 fully saturated rings. The number of carbonyl (C=O) groups is 1. The van der Waals surface area contributed by atoms with Crippen molar-refractivity contribution >= 4 is 5.78 Å². The smallest absolute Gasteiger partial charge is 0.497 e. The van der Waals surface area contributed by atoms with Gasteiger partial charge in [-0.15, -0.1) is 13.2 Å². The number of ketones is 1. The number of Topliss-reactive ketones (excluding diaryl/α,β-unsaturated/α-hetero) is 1. The fourth-order valence-corrected chi connectivity index (χ4v) is 9.65. The van der Waals surface area contributed by atoms with Gasteiger partial charge in [-0.25, -0.2) is 8.78 Å². The summed E-state index contributed by atoms with van der Waals surface area (Å²) in [6, 6.07) is 59.4. The van der Waals surface area contributed by atoms with E-state index in [0.29, 0.717) is 29.0 Å². The first-order chi connectivity index (χ1) is 47.7. The molecule has 104 heavy (non-hydrogen) atoms. The maximum atomic E-state index is 13.5. The molecule has 0 aromatic heterocycles. The zero-order valence-electron chi connectivity index (χ0n) is 68.8. The van der Waals surface area contributed by atoms with E-state index in [4.69, 9.17) is 28.4 Å². The zero-order valence-corrected chi connectivity index (χ0v) is 68.8. The van der Waals surface area contributed by atoms with Crippen molar-refractivity contribution in [2.45, 2.75) is 242 Å². The number of carbonyl (C=O) groups excluding carboxylic acids is 1. The molecule has 0 saturated heterocycles. The van der Waals surface area contributed by atoms with Crippen molar-refractivity contribution in [1.82, 2.24) is 0 Å². The van der Waals surface area contributed by atoms with Gasteiger partial charge in [0, 0.05) is 25.0 Å². The molecule has 13 heteroatoms. The van der Waals surface area contributed by atoms with Crippen molar-refractivity contribution in [3.8, 4) is 40.2 Å². The molecule has 0 aliphatic rings. The molecule has 0 bridgehead atoms. The standard InChI is InChI=1S/C13H18O.C12H17FO.C11H13F3O.C11H15FO.4C11H16O/c1-5-12(14)10-7-6-8-11(9-10)13(2,3)4;1-9(13)14-11-7-5-10(6-8-11)12(2,3)4;1-10(2,3)8-6-4-5-7-9(8)15-11(12,13)14;1-11(2,3)9-6-5-8(13-4)7-10(9)12;1-11(2,3)9-5-7-10(12-4)8-6-9;2*1-11(2,3)9-6-5-7-10(8-9)12-4;1-11(2,3)9-7-5-6-8-10(9)12-4/h6-9H,5H2,1-4H3;5-9H,1-4H3;4-7H,1-3H3;5-7H,1-4H3;4*5-8H,1-4H3. The summed E-state index contributed by atoms with van der Waals surface area (Å²) in [4.78, 5) is 11.5. The largest absolute Gasteiger partial charge is 0.573 e. The number of halogens is 5. The molecule has 0 saturated carbocycles. The summed E-state index contributed by atoms with van der Waals surface area (Å²) < 4.78 is 96.7. The third-order valence-electron chi connectivity index (χ3n) is 16.0. The Morgan fingerprint density at radius 3 is 0.981 bits per heavy atom. The summed E-state index contributed by atoms with van der Waals surface area (Å²) in [5.74, 6) is 4.79. The molecule has 1 unspecified atom stereocenters. The maximum Gasteiger partial charge on any atom is 0.573 e. The van der Waals surface area contributed by atoms with Gasteiger partial charge < -0.3 is 33.2 Å². The molecule has 8 aromatic rings. The van der Waals surface area contributed by atoms with Gasteiger partial charge in [0.05, 0.1) is 35.5 Å². The first-order valence-corrected chi connectivity index (χ1v) is 35.5. The summed E-state index contributed by atoms with van der Waals surface area (Å²) in [7, 11) is 8.33. The first-order valence-electron chi connectivity index (χ1n) is 35.5. The quantitative estimate of drug-likeness (QED) is 0.0990. The Kier molecular flexibility index (Phi) is 37.3. The van der Waals surface area contributed by atoms with Gasteiger partial charge in [0.1, 0.15) is 46.1 Å². The average Bonchev–Trinajstić information content (AvgIpc) is 0.858. The van der Waals surface area contributed by atoms with Crippen molar-refractivity contribution in [3.05, 3.63) is 244 Å². The lowest BCUT2D eigenvalue weighted by Gasteiger charge is -2.22. The van der Waals surface area contributed by atoms with E-state index >= 15 is 0 Å². The molecular weight excluding hydrogens is 1320 g/mol. The Labute approximate surface area is 624 Å². The van der Waals surface area contributed by atoms with Crippen LogP contribution in [-0.2, 0) is 43.3 Å². The summed E-state index contributed by atoms with van der Waals surface area (Å²) in [6.45, 7) is 54.0. The van der Waals surface area contributed by atoms with Crippen LogP contribution in [-0.4, -0.2) is 54.1 Å². The second kappa shape index (κ2) is 41.4. The second-order valence-corrected chi connectivity index (χ2v) is 33.3. The Hall–Kier alpha value is -8.32. The first kappa shape index (κ1) is 93.7. The van der Waals surface area contributed by atoms with Gasteiger partial charge in [0.25, 0.3) is 0 Å². The lowest BCUT2D eigenvalue weighted by Crippen LogP contribution is -2.21. The van der Waals surface area contributed by atoms with E-state index in [1.165, 1.54) is 65.6 Å². The number of methoxy groups -OCH3 is 5. The third kappa shape index (κ3) is 35.9. The SMILES string of the molecule is CC(C)(C)c1ccccc1OC(F)(F)F.CC(F)Oc1ccc(C(C)(C)C)cc1.CCC(=O)c1cccc(C(C)(C)C)c1.COc1ccc(C(C)(C)C)c(F)c1.COc1ccc(C(C)(C)C)cc1.COc1cccc(C(C)(C)C)c1.COc1cccc(C(C)(C)C)c1.COc1ccccc1C(C)(C)C. The van der Waals surface area contributed by atoms with Crippen molar-refractivity contribution < 1.29 is 59.9 Å². The predicted molar refractivity (Wildman–Crippen MR) is 426 cm³/mol. The summed E-state index contributed by atoms with van der Waals surface area (Å²) in [6.07, 6.45) is -5.31. The van der Waals surface area contributed by atoms with Gasteiger partial charge in [0.2, 0.25) is 6.36 Å². The Balaban J connectivity index is 0.000000595. The summed E-state index contributed by atoms with van der Waals surface area (Å²) in [5, 5.41) is 0. The number of rotatable bonds is 10. The fraction of sp³-hybridized carbons (Fsp3) is 0.462. The Morgan fingerprint density at radius 2 is 0.663 bits per heavy atom. The van der Waals surface area contributed by atoms with Crippen LogP contribution in [0.1, 0.15) is 241 Å². The molecular formula is C91H127F5O8. The minimum absolute atomic E-state index is 0.115. The van der Waals surface area contributed by atoms with Crippen LogP contribution in [0.15, 0.2) is 188 Å². The van der Waals surface area contributed by atoms with Crippen LogP contribution in [0.5, 0.6) is 40.2 Å². The highest BCUT2D eigenvalue weighted by atomic mass is 19.4. The van der Waals surface area contributed by atoms with Gasteiger partial charge in [-0.2, -0.15) is 0 Å². The summed E-state index contributed by atoms with van der Waals surface area (Å²) in [5.41, 5.74) is 10.2. The van der Waals surface area contributed by atoms with Gasteiger partial charge >= 0.3 is 6.36 Å². The van der Waals surface area contributed by atoms with Crippen LogP contribution < -0.4 is 33.2 Å². The molecule has 8 aromatic carbocycles. The van der Waals surface area contributed by atoms with Crippen molar-refractivity contribution in [2.24, 2.45) is 0 Å². The highest BCUT2D eigenvalue weighted by molar-refractivity contribution is 5.96. The summed E-state index contributed by atoms with van der Waals surface area (Å²) >= 11 is 0. The zero-order chi connectivity index (χ0) is 80.0. The highest BCUT2D eigenvalue weighted by Crippen LogP contribution is 2.36. The highest BCUT2D eigenvalue weighted by Gasteiger charge is 2.33. The van der Waals surface area contributed by atoms with Crippen LogP contribution in [0.2, 0.25) is 0 Å². The van der Waals surface area contributed by atoms with Gasteiger partial charge in [-0.3, -0.25) is 4.79 Å². The molecule has 574 valence electrons. The molecule has 0 heterocycles. The van der Waals surface area contributed by atoms with Crippen molar-refractivity contribution in [3.63, 3.8) is 0 Å². The molecule has 8 rings (SSSR count). The molecule has 1 atom stereocenters. The fourth-order valence-electron chi connectivity index (χ4n) is 9.65. The van der Waals surface area contributed by atoms with Gasteiger partial charge in [-0.05, 0) is 161 Å². The molecule has 0 amide bonds. The molecule has 8 nitrogen and oxygen atoms in total. The number of benzene rings is 8. The number of hydrogen-bond acceptors (Lipinski definition) is 8. The Bertz CT molecular complexity index is 3700. The number of para-hydroxylation sites is 2. The van der Waals surface area contributed by atoms with Crippen LogP contribution in [0.3, 0.4) is 0 Å². The van der Waals surface area contributed by atoms with Crippen LogP contribution in [0.4, 0.5) is 22.0 Å². The number of alkyl halides is 4. The minimum atomic E-state index is -4.64. The van der Waals surface area contributed by atoms with Gasteiger partial charge in [-0.1, -0.05) is 282 Å². The minimum Gasteiger partial charge on any atom is -0.497 e. The third-order valence-corrected chi connectivity index (χ3v) is 16.0. The van der Waals surface area contributed by atoms with Crippen molar-refractivity contribution in [2.75, 3.05) is 35.5 Å². The Morgan fingerprint density at radius 1 is 0.337 bits per heavy atom. The van der Waals surface area contributed by atoms with E-state index in [0.717, 1.165) is 28.6 Å². The van der Waals surface area contributed by atoms with E-state index in [-0.39, 0.29) is 60.7 Å². The van der Waals surface area contributed by atoms with E-state index in [2.05, 4.69) is 178 Å². The van der Waals surface area contributed by atoms with Crippen LogP contribution in [0.25, 0.3) is 0 Å². The molecule has 0 aliphatic carbocycles. The lowest BCUT2D eigenvalue weighted by atomic mass is 9.86. The average molecular weight is 1440 g/mol. The predicted octanol–water partition coefficient (Wildman–Crippen LogP) is 26.2.